The number of aryl methyl sites for hydroxylation is 2. The van der Waals surface area contributed by atoms with Crippen molar-refractivity contribution in [1.82, 2.24) is 0 Å². The highest BCUT2D eigenvalue weighted by atomic mass is 19.1. The molecule has 1 N–H and O–H groups in total. The zero-order valence-electron chi connectivity index (χ0n) is 16.5. The summed E-state index contributed by atoms with van der Waals surface area (Å²) in [7, 11) is 1.33. The van der Waals surface area contributed by atoms with Gasteiger partial charge in [0, 0.05) is 0 Å². The van der Waals surface area contributed by atoms with Crippen LogP contribution in [-0.4, -0.2) is 43.4 Å². The standard InChI is InChI=1S/C22H28FNO4/c1-16-4-8-18(9-5-16)13-27-15-21(25)22(20(23)12-24-26-3)28-14-19-10-6-17(2)7-11-19/h4-12,20-22,25H,13-15H2,1-3H3/t20-,21-,22+/m1/s1. The summed E-state index contributed by atoms with van der Waals surface area (Å²) in [5.41, 5.74) is 4.15. The van der Waals surface area contributed by atoms with Crippen LogP contribution in [-0.2, 0) is 27.5 Å². The Hall–Kier alpha value is -2.28. The first kappa shape index (κ1) is 22.0. The molecule has 0 radical (unpaired) electrons. The van der Waals surface area contributed by atoms with E-state index < -0.39 is 18.4 Å². The second-order valence-corrected chi connectivity index (χ2v) is 6.71. The molecular weight excluding hydrogens is 361 g/mol. The maximum atomic E-state index is 14.5. The van der Waals surface area contributed by atoms with Crippen LogP contribution in [0.3, 0.4) is 0 Å². The smallest absolute Gasteiger partial charge is 0.167 e. The predicted octanol–water partition coefficient (Wildman–Crippen LogP) is 3.74. The number of hydrogen-bond acceptors (Lipinski definition) is 5. The lowest BCUT2D eigenvalue weighted by atomic mass is 10.1. The number of oxime groups is 1. The molecule has 0 saturated heterocycles. The van der Waals surface area contributed by atoms with Gasteiger partial charge in [0.2, 0.25) is 0 Å². The van der Waals surface area contributed by atoms with E-state index in [1.807, 2.05) is 62.4 Å². The van der Waals surface area contributed by atoms with Crippen LogP contribution in [0.5, 0.6) is 0 Å². The van der Waals surface area contributed by atoms with Gasteiger partial charge in [-0.3, -0.25) is 0 Å². The van der Waals surface area contributed by atoms with Crippen molar-refractivity contribution in [2.75, 3.05) is 13.7 Å². The third kappa shape index (κ3) is 7.38. The van der Waals surface area contributed by atoms with E-state index in [0.29, 0.717) is 6.61 Å². The highest BCUT2D eigenvalue weighted by Crippen LogP contribution is 2.14. The second kappa shape index (κ2) is 11.5. The lowest BCUT2D eigenvalue weighted by Gasteiger charge is -2.24. The predicted molar refractivity (Wildman–Crippen MR) is 107 cm³/mol. The molecule has 28 heavy (non-hydrogen) atoms. The minimum Gasteiger partial charge on any atom is -0.399 e. The van der Waals surface area contributed by atoms with Crippen molar-refractivity contribution in [3.05, 3.63) is 70.8 Å². The van der Waals surface area contributed by atoms with Crippen LogP contribution in [0.1, 0.15) is 22.3 Å². The first-order chi connectivity index (χ1) is 13.5. The largest absolute Gasteiger partial charge is 0.399 e. The van der Waals surface area contributed by atoms with Gasteiger partial charge in [-0.2, -0.15) is 0 Å². The Kier molecular flexibility index (Phi) is 9.07. The van der Waals surface area contributed by atoms with Gasteiger partial charge in [0.05, 0.1) is 26.0 Å². The highest BCUT2D eigenvalue weighted by molar-refractivity contribution is 5.63. The molecule has 0 aliphatic carbocycles. The molecule has 0 spiro atoms. The number of nitrogens with zero attached hydrogens (tertiary/aromatic N) is 1. The van der Waals surface area contributed by atoms with Crippen molar-refractivity contribution in [3.8, 4) is 0 Å². The van der Waals surface area contributed by atoms with E-state index in [2.05, 4.69) is 9.99 Å². The van der Waals surface area contributed by atoms with E-state index >= 15 is 0 Å². The molecule has 0 bridgehead atoms. The maximum Gasteiger partial charge on any atom is 0.167 e. The molecule has 0 aliphatic heterocycles. The molecule has 3 atom stereocenters. The number of benzene rings is 2. The fourth-order valence-electron chi connectivity index (χ4n) is 2.57. The average molecular weight is 389 g/mol. The Morgan fingerprint density at radius 1 is 0.964 bits per heavy atom. The minimum atomic E-state index is -1.64. The van der Waals surface area contributed by atoms with Crippen LogP contribution < -0.4 is 0 Å². The van der Waals surface area contributed by atoms with Crippen LogP contribution in [0.2, 0.25) is 0 Å². The quantitative estimate of drug-likeness (QED) is 0.470. The SMILES string of the molecule is CON=C[C@@H](F)[C@H](OCc1ccc(C)cc1)[C@H](O)COCc1ccc(C)cc1. The molecule has 2 rings (SSSR count). The lowest BCUT2D eigenvalue weighted by Crippen LogP contribution is -2.41. The van der Waals surface area contributed by atoms with E-state index in [-0.39, 0.29) is 13.2 Å². The van der Waals surface area contributed by atoms with Gasteiger partial charge in [-0.1, -0.05) is 64.8 Å². The molecule has 152 valence electrons. The summed E-state index contributed by atoms with van der Waals surface area (Å²) in [5.74, 6) is 0. The molecule has 0 amide bonds. The van der Waals surface area contributed by atoms with Crippen molar-refractivity contribution in [3.63, 3.8) is 0 Å². The van der Waals surface area contributed by atoms with Crippen LogP contribution in [0.4, 0.5) is 4.39 Å². The fraction of sp³-hybridized carbons (Fsp3) is 0.409. The highest BCUT2D eigenvalue weighted by Gasteiger charge is 2.29. The van der Waals surface area contributed by atoms with Crippen molar-refractivity contribution in [2.24, 2.45) is 5.16 Å². The summed E-state index contributed by atoms with van der Waals surface area (Å²) in [6.45, 7) is 4.43. The normalized spacial score (nSPS) is 14.8. The van der Waals surface area contributed by atoms with Crippen LogP contribution >= 0.6 is 0 Å². The summed E-state index contributed by atoms with van der Waals surface area (Å²) in [6, 6.07) is 15.6. The zero-order chi connectivity index (χ0) is 20.4. The Labute approximate surface area is 165 Å². The number of rotatable bonds is 11. The van der Waals surface area contributed by atoms with E-state index in [1.54, 1.807) is 0 Å². The molecule has 0 aliphatic rings. The number of aliphatic hydroxyl groups excluding tert-OH is 1. The molecule has 0 fully saturated rings. The molecular formula is C22H28FNO4. The van der Waals surface area contributed by atoms with Gasteiger partial charge in [0.15, 0.2) is 6.17 Å². The number of hydrogen-bond donors (Lipinski definition) is 1. The minimum absolute atomic E-state index is 0.0618. The zero-order valence-corrected chi connectivity index (χ0v) is 16.5. The summed E-state index contributed by atoms with van der Waals surface area (Å²) >= 11 is 0. The van der Waals surface area contributed by atoms with Gasteiger partial charge < -0.3 is 19.4 Å². The Morgan fingerprint density at radius 2 is 1.50 bits per heavy atom. The summed E-state index contributed by atoms with van der Waals surface area (Å²) < 4.78 is 25.7. The molecule has 0 heterocycles. The molecule has 5 nitrogen and oxygen atoms in total. The second-order valence-electron chi connectivity index (χ2n) is 6.71. The van der Waals surface area contributed by atoms with Gasteiger partial charge in [-0.25, -0.2) is 4.39 Å². The Balaban J connectivity index is 1.93. The Morgan fingerprint density at radius 3 is 2.04 bits per heavy atom. The van der Waals surface area contributed by atoms with Gasteiger partial charge in [-0.15, -0.1) is 0 Å². The number of ether oxygens (including phenoxy) is 2. The van der Waals surface area contributed by atoms with Crippen LogP contribution in [0.25, 0.3) is 0 Å². The third-order valence-corrected chi connectivity index (χ3v) is 4.24. The monoisotopic (exact) mass is 389 g/mol. The molecule has 6 heteroatoms. The van der Waals surface area contributed by atoms with Crippen molar-refractivity contribution in [1.29, 1.82) is 0 Å². The van der Waals surface area contributed by atoms with Gasteiger partial charge in [-0.05, 0) is 25.0 Å². The molecule has 2 aromatic rings. The topological polar surface area (TPSA) is 60.3 Å². The summed E-state index contributed by atoms with van der Waals surface area (Å²) in [4.78, 5) is 4.53. The molecule has 0 unspecified atom stereocenters. The van der Waals surface area contributed by atoms with E-state index in [1.165, 1.54) is 7.11 Å². The van der Waals surface area contributed by atoms with Crippen molar-refractivity contribution in [2.45, 2.75) is 45.4 Å². The van der Waals surface area contributed by atoms with Gasteiger partial charge >= 0.3 is 0 Å². The lowest BCUT2D eigenvalue weighted by molar-refractivity contribution is -0.0974. The first-order valence-electron chi connectivity index (χ1n) is 9.19. The Bertz CT molecular complexity index is 718. The number of aliphatic hydroxyl groups is 1. The van der Waals surface area contributed by atoms with Crippen molar-refractivity contribution >= 4 is 6.21 Å². The van der Waals surface area contributed by atoms with Crippen LogP contribution in [0, 0.1) is 13.8 Å². The third-order valence-electron chi connectivity index (χ3n) is 4.24. The van der Waals surface area contributed by atoms with E-state index in [9.17, 15) is 9.50 Å². The summed E-state index contributed by atoms with van der Waals surface area (Å²) in [5, 5.41) is 13.9. The average Bonchev–Trinajstić information content (AvgIpc) is 2.69. The van der Waals surface area contributed by atoms with Gasteiger partial charge in [0.1, 0.15) is 19.3 Å². The molecule has 2 aromatic carbocycles. The van der Waals surface area contributed by atoms with Gasteiger partial charge in [0.25, 0.3) is 0 Å². The van der Waals surface area contributed by atoms with Crippen LogP contribution in [0.15, 0.2) is 53.7 Å². The fourth-order valence-corrected chi connectivity index (χ4v) is 2.57. The molecule has 0 saturated carbocycles. The maximum absolute atomic E-state index is 14.5. The first-order valence-corrected chi connectivity index (χ1v) is 9.19. The van der Waals surface area contributed by atoms with Crippen molar-refractivity contribution < 1.29 is 23.8 Å². The van der Waals surface area contributed by atoms with E-state index in [0.717, 1.165) is 28.5 Å². The summed E-state index contributed by atoms with van der Waals surface area (Å²) in [6.07, 6.45) is -2.95. The van der Waals surface area contributed by atoms with E-state index in [4.69, 9.17) is 9.47 Å². The number of alkyl halides is 1. The molecule has 0 aromatic heterocycles. The number of halogens is 1.